The smallest absolute Gasteiger partial charge is 0.251 e. The van der Waals surface area contributed by atoms with Crippen molar-refractivity contribution in [2.24, 2.45) is 11.7 Å². The number of nitrogens with one attached hydrogen (secondary N) is 1. The van der Waals surface area contributed by atoms with Crippen LogP contribution in [0.4, 0.5) is 13.2 Å². The summed E-state index contributed by atoms with van der Waals surface area (Å²) in [5.41, 5.74) is 4.05. The molecule has 2 amide bonds. The van der Waals surface area contributed by atoms with Gasteiger partial charge in [0, 0.05) is 41.1 Å². The number of aromatic nitrogens is 3. The number of benzene rings is 2. The molecule has 2 aliphatic rings. The minimum Gasteiger partial charge on any atom is -0.494 e. The van der Waals surface area contributed by atoms with Gasteiger partial charge in [-0.3, -0.25) is 9.59 Å². The molecular weight excluding hydrogens is 627 g/mol. The lowest BCUT2D eigenvalue weighted by Crippen LogP contribution is -2.43. The topological polar surface area (TPSA) is 142 Å². The Balaban J connectivity index is 1.38. The molecular formula is C32H31ClF3N5O5. The summed E-state index contributed by atoms with van der Waals surface area (Å²) in [6, 6.07) is 6.11. The highest BCUT2D eigenvalue weighted by Gasteiger charge is 2.48. The van der Waals surface area contributed by atoms with Crippen LogP contribution in [-0.2, 0) is 22.6 Å². The number of hydrogen-bond acceptors (Lipinski definition) is 7. The Labute approximate surface area is 266 Å². The van der Waals surface area contributed by atoms with Gasteiger partial charge >= 0.3 is 0 Å². The van der Waals surface area contributed by atoms with Gasteiger partial charge in [0.1, 0.15) is 39.9 Å². The van der Waals surface area contributed by atoms with E-state index >= 15 is 4.39 Å². The third-order valence-electron chi connectivity index (χ3n) is 8.31. The van der Waals surface area contributed by atoms with E-state index in [9.17, 15) is 23.5 Å². The molecule has 10 nitrogen and oxygen atoms in total. The predicted octanol–water partition coefficient (Wildman–Crippen LogP) is 4.91. The number of halogens is 4. The van der Waals surface area contributed by atoms with Crippen LogP contribution in [0, 0.1) is 17.6 Å². The monoisotopic (exact) mass is 657 g/mol. The normalized spacial score (nSPS) is 16.6. The SMILES string of the molecule is CCOc1c(CC(N)=O)cc([C@@](O)(CNC(=O)c2cc(OC)c3nn(C4(F)CC4)cc3c2)C2CC2)nc1-c1cc(F)c(Cl)cc1F. The van der Waals surface area contributed by atoms with Gasteiger partial charge in [0.2, 0.25) is 11.7 Å². The number of fused-ring (bicyclic) bond motifs is 1. The summed E-state index contributed by atoms with van der Waals surface area (Å²) >= 11 is 5.79. The largest absolute Gasteiger partial charge is 0.494 e. The first-order valence-electron chi connectivity index (χ1n) is 14.7. The number of pyridine rings is 1. The molecule has 2 aliphatic carbocycles. The molecule has 6 rings (SSSR count). The van der Waals surface area contributed by atoms with Crippen molar-refractivity contribution >= 4 is 34.3 Å². The molecule has 0 unspecified atom stereocenters. The second kappa shape index (κ2) is 11.8. The van der Waals surface area contributed by atoms with Crippen molar-refractivity contribution in [3.05, 3.63) is 70.0 Å². The van der Waals surface area contributed by atoms with Crippen LogP contribution < -0.4 is 20.5 Å². The number of rotatable bonds is 12. The quantitative estimate of drug-likeness (QED) is 0.184. The lowest BCUT2D eigenvalue weighted by molar-refractivity contribution is -0.117. The average Bonchev–Trinajstić information content (AvgIpc) is 3.95. The molecule has 2 saturated carbocycles. The van der Waals surface area contributed by atoms with Gasteiger partial charge < -0.3 is 25.6 Å². The Morgan fingerprint density at radius 1 is 1.20 bits per heavy atom. The fourth-order valence-electron chi connectivity index (χ4n) is 5.57. The maximum absolute atomic E-state index is 15.2. The number of ether oxygens (including phenoxy) is 2. The maximum Gasteiger partial charge on any atom is 0.251 e. The summed E-state index contributed by atoms with van der Waals surface area (Å²) in [6.45, 7) is 1.44. The van der Waals surface area contributed by atoms with Crippen LogP contribution in [0.1, 0.15) is 54.2 Å². The van der Waals surface area contributed by atoms with E-state index < -0.39 is 39.9 Å². The first-order chi connectivity index (χ1) is 21.9. The Bertz CT molecular complexity index is 1880. The molecule has 1 atom stereocenters. The minimum atomic E-state index is -1.78. The number of alkyl halides is 1. The van der Waals surface area contributed by atoms with Crippen LogP contribution in [-0.4, -0.2) is 51.9 Å². The summed E-state index contributed by atoms with van der Waals surface area (Å²) < 4.78 is 56.9. The second-order valence-corrected chi connectivity index (χ2v) is 12.1. The Kier molecular flexibility index (Phi) is 8.09. The van der Waals surface area contributed by atoms with Gasteiger partial charge in [-0.25, -0.2) is 22.8 Å². The van der Waals surface area contributed by atoms with Crippen LogP contribution in [0.5, 0.6) is 11.5 Å². The lowest BCUT2D eigenvalue weighted by atomic mass is 9.90. The van der Waals surface area contributed by atoms with Crippen molar-refractivity contribution in [1.82, 2.24) is 20.1 Å². The van der Waals surface area contributed by atoms with Crippen molar-refractivity contribution < 1.29 is 37.3 Å². The maximum atomic E-state index is 15.2. The summed E-state index contributed by atoms with van der Waals surface area (Å²) in [5.74, 6) is -4.75. The molecule has 2 heterocycles. The Morgan fingerprint density at radius 2 is 1.93 bits per heavy atom. The number of primary amides is 1. The zero-order valence-corrected chi connectivity index (χ0v) is 25.8. The fourth-order valence-corrected chi connectivity index (χ4v) is 5.72. The molecule has 14 heteroatoms. The van der Waals surface area contributed by atoms with Crippen molar-refractivity contribution in [1.29, 1.82) is 0 Å². The first kappa shape index (κ1) is 31.6. The lowest BCUT2D eigenvalue weighted by Gasteiger charge is -2.30. The van der Waals surface area contributed by atoms with E-state index in [1.54, 1.807) is 13.0 Å². The molecule has 0 spiro atoms. The first-order valence-corrected chi connectivity index (χ1v) is 15.1. The molecule has 0 saturated heterocycles. The van der Waals surface area contributed by atoms with E-state index in [4.69, 9.17) is 26.8 Å². The minimum absolute atomic E-state index is 0.00458. The van der Waals surface area contributed by atoms with Crippen molar-refractivity contribution in [2.45, 2.75) is 50.4 Å². The van der Waals surface area contributed by atoms with Crippen LogP contribution in [0.15, 0.2) is 36.5 Å². The van der Waals surface area contributed by atoms with Gasteiger partial charge in [0.05, 0.1) is 37.4 Å². The molecule has 2 aromatic heterocycles. The number of nitrogens with zero attached hydrogens (tertiary/aromatic N) is 3. The highest BCUT2D eigenvalue weighted by Crippen LogP contribution is 2.48. The number of carbonyl (C=O) groups is 2. The Hall–Kier alpha value is -4.36. The zero-order valence-electron chi connectivity index (χ0n) is 25.0. The van der Waals surface area contributed by atoms with Crippen molar-refractivity contribution in [3.8, 4) is 22.8 Å². The number of amides is 2. The summed E-state index contributed by atoms with van der Waals surface area (Å²) in [7, 11) is 1.41. The third-order valence-corrected chi connectivity index (χ3v) is 8.60. The summed E-state index contributed by atoms with van der Waals surface area (Å²) in [4.78, 5) is 30.1. The molecule has 2 fully saturated rings. The van der Waals surface area contributed by atoms with E-state index in [1.165, 1.54) is 30.1 Å². The van der Waals surface area contributed by atoms with Crippen LogP contribution in [0.3, 0.4) is 0 Å². The molecule has 0 aliphatic heterocycles. The third kappa shape index (κ3) is 5.84. The summed E-state index contributed by atoms with van der Waals surface area (Å²) in [5, 5.41) is 19.2. The molecule has 242 valence electrons. The molecule has 2 aromatic carbocycles. The molecule has 4 aromatic rings. The standard InChI is InChI=1S/C32H31ClF3N5O5/c1-3-46-29-16(11-26(37)42)10-25(39-28(29)20-12-23(35)21(33)13-22(20)34)32(44,19-4-5-19)15-38-30(43)17-8-18-14-41(31(36)6-7-31)40-27(18)24(9-17)45-2/h8-10,12-14,19,44H,3-7,11,15H2,1-2H3,(H2,37,42)(H,38,43)/t32-/m1/s1. The van der Waals surface area contributed by atoms with E-state index in [0.29, 0.717) is 36.6 Å². The highest BCUT2D eigenvalue weighted by molar-refractivity contribution is 6.30. The molecule has 0 bridgehead atoms. The number of nitrogens with two attached hydrogens (primary N) is 1. The number of aliphatic hydroxyl groups is 1. The van der Waals surface area contributed by atoms with Gasteiger partial charge in [-0.1, -0.05) is 11.6 Å². The van der Waals surface area contributed by atoms with E-state index in [2.05, 4.69) is 15.4 Å². The molecule has 4 N–H and O–H groups in total. The predicted molar refractivity (Wildman–Crippen MR) is 162 cm³/mol. The Morgan fingerprint density at radius 3 is 2.57 bits per heavy atom. The second-order valence-electron chi connectivity index (χ2n) is 11.7. The van der Waals surface area contributed by atoms with Gasteiger partial charge in [0.25, 0.3) is 5.91 Å². The van der Waals surface area contributed by atoms with Crippen molar-refractivity contribution in [2.75, 3.05) is 20.3 Å². The zero-order chi connectivity index (χ0) is 33.0. The van der Waals surface area contributed by atoms with Gasteiger partial charge in [-0.15, -0.1) is 0 Å². The van der Waals surface area contributed by atoms with Gasteiger partial charge in [-0.05, 0) is 56.0 Å². The summed E-state index contributed by atoms with van der Waals surface area (Å²) in [6.07, 6.45) is 3.05. The molecule has 0 radical (unpaired) electrons. The number of carbonyl (C=O) groups excluding carboxylic acids is 2. The van der Waals surface area contributed by atoms with Gasteiger partial charge in [0.15, 0.2) is 0 Å². The van der Waals surface area contributed by atoms with Crippen molar-refractivity contribution in [3.63, 3.8) is 0 Å². The van der Waals surface area contributed by atoms with E-state index in [-0.39, 0.29) is 65.1 Å². The average molecular weight is 658 g/mol. The van der Waals surface area contributed by atoms with Crippen LogP contribution >= 0.6 is 11.6 Å². The van der Waals surface area contributed by atoms with Crippen LogP contribution in [0.25, 0.3) is 22.2 Å². The number of methoxy groups -OCH3 is 1. The van der Waals surface area contributed by atoms with Gasteiger partial charge in [-0.2, -0.15) is 5.10 Å². The highest BCUT2D eigenvalue weighted by atomic mass is 35.5. The van der Waals surface area contributed by atoms with Crippen LogP contribution in [0.2, 0.25) is 5.02 Å². The van der Waals surface area contributed by atoms with E-state index in [1.807, 2.05) is 0 Å². The molecule has 46 heavy (non-hydrogen) atoms. The fraction of sp³-hybridized carbons (Fsp3) is 0.375. The number of hydrogen-bond donors (Lipinski definition) is 3. The van der Waals surface area contributed by atoms with E-state index in [0.717, 1.165) is 12.1 Å².